The van der Waals surface area contributed by atoms with Gasteiger partial charge in [0.25, 0.3) is 11.8 Å². The molecule has 0 saturated carbocycles. The normalized spacial score (nSPS) is 16.2. The van der Waals surface area contributed by atoms with Crippen molar-refractivity contribution in [3.8, 4) is 0 Å². The molecule has 0 radical (unpaired) electrons. The van der Waals surface area contributed by atoms with Crippen molar-refractivity contribution in [3.05, 3.63) is 59.2 Å². The number of anilines is 1. The lowest BCUT2D eigenvalue weighted by molar-refractivity contribution is -0.120. The molecule has 3 amide bonds. The molecule has 0 spiro atoms. The average molecular weight is 526 g/mol. The topological polar surface area (TPSA) is 87.7 Å². The highest BCUT2D eigenvalue weighted by molar-refractivity contribution is 7.99. The van der Waals surface area contributed by atoms with Crippen molar-refractivity contribution >= 4 is 35.4 Å². The number of carbonyl (C=O) groups is 3. The first kappa shape index (κ1) is 28.6. The molecule has 1 aliphatic heterocycles. The van der Waals surface area contributed by atoms with E-state index in [0.29, 0.717) is 23.5 Å². The van der Waals surface area contributed by atoms with E-state index in [-0.39, 0.29) is 23.3 Å². The average Bonchev–Trinajstić information content (AvgIpc) is 2.89. The van der Waals surface area contributed by atoms with Crippen LogP contribution in [0.2, 0.25) is 0 Å². The minimum atomic E-state index is -0.783. The Kier molecular flexibility index (Phi) is 8.63. The molecule has 0 bridgehead atoms. The van der Waals surface area contributed by atoms with Gasteiger partial charge in [-0.2, -0.15) is 0 Å². The quantitative estimate of drug-likeness (QED) is 0.526. The molecule has 1 heterocycles. The van der Waals surface area contributed by atoms with E-state index < -0.39 is 17.7 Å². The summed E-state index contributed by atoms with van der Waals surface area (Å²) >= 11 is 1.47. The fraction of sp³-hybridized carbons (Fsp3) is 0.483. The number of nitrogens with one attached hydrogen (secondary N) is 2. The summed E-state index contributed by atoms with van der Waals surface area (Å²) in [5, 5.41) is 5.67. The number of alkyl carbamates (subject to hydrolysis) is 1. The van der Waals surface area contributed by atoms with Gasteiger partial charge in [-0.1, -0.05) is 45.0 Å². The van der Waals surface area contributed by atoms with E-state index in [2.05, 4.69) is 43.5 Å². The second kappa shape index (κ2) is 11.2. The molecule has 0 aromatic heterocycles. The number of rotatable bonds is 5. The second-order valence-corrected chi connectivity index (χ2v) is 12.8. The van der Waals surface area contributed by atoms with Crippen LogP contribution in [0.1, 0.15) is 76.9 Å². The van der Waals surface area contributed by atoms with Crippen LogP contribution in [-0.4, -0.2) is 41.3 Å². The van der Waals surface area contributed by atoms with Crippen LogP contribution in [0.4, 0.5) is 10.5 Å². The molecule has 8 heteroatoms. The molecule has 37 heavy (non-hydrogen) atoms. The Hall–Kier alpha value is -3.00. The highest BCUT2D eigenvalue weighted by atomic mass is 32.2. The third-order valence-corrected chi connectivity index (χ3v) is 6.91. The van der Waals surface area contributed by atoms with Gasteiger partial charge in [0.15, 0.2) is 0 Å². The lowest BCUT2D eigenvalue weighted by Crippen LogP contribution is -2.50. The molecule has 0 saturated heterocycles. The third-order valence-electron chi connectivity index (χ3n) is 5.75. The lowest BCUT2D eigenvalue weighted by atomic mass is 9.87. The van der Waals surface area contributed by atoms with Gasteiger partial charge in [0.1, 0.15) is 11.6 Å². The molecule has 1 aliphatic rings. The summed E-state index contributed by atoms with van der Waals surface area (Å²) in [6.45, 7) is 15.9. The molecule has 0 fully saturated rings. The number of hydrogen-bond acceptors (Lipinski definition) is 5. The van der Waals surface area contributed by atoms with Crippen molar-refractivity contribution in [2.45, 2.75) is 89.9 Å². The first-order valence-corrected chi connectivity index (χ1v) is 13.6. The molecule has 0 aliphatic carbocycles. The fourth-order valence-corrected chi connectivity index (χ4v) is 4.95. The number of ether oxygens (including phenoxy) is 1. The predicted molar refractivity (Wildman–Crippen MR) is 149 cm³/mol. The van der Waals surface area contributed by atoms with Gasteiger partial charge in [0.05, 0.1) is 12.2 Å². The standard InChI is InChI=1S/C29H39N3O4S/c1-18(2)30-25(33)20-11-14-24-23(15-20)32(16-19-9-12-21(13-10-19)28(3,4)5)26(34)22(17-37-24)31-27(35)36-29(6,7)8/h9-15,18,22H,16-17H2,1-8H3,(H,30,33)(H,31,35)/t22-/m0/s1. The summed E-state index contributed by atoms with van der Waals surface area (Å²) in [4.78, 5) is 41.7. The van der Waals surface area contributed by atoms with Gasteiger partial charge in [-0.05, 0) is 69.4 Å². The van der Waals surface area contributed by atoms with Crippen molar-refractivity contribution in [1.82, 2.24) is 10.6 Å². The van der Waals surface area contributed by atoms with Crippen LogP contribution in [-0.2, 0) is 21.5 Å². The monoisotopic (exact) mass is 525 g/mol. The van der Waals surface area contributed by atoms with Crippen LogP contribution in [0, 0.1) is 0 Å². The number of amides is 3. The summed E-state index contributed by atoms with van der Waals surface area (Å²) < 4.78 is 5.41. The minimum Gasteiger partial charge on any atom is -0.444 e. The van der Waals surface area contributed by atoms with Gasteiger partial charge in [0, 0.05) is 22.3 Å². The SMILES string of the molecule is CC(C)NC(=O)c1ccc2c(c1)N(Cc1ccc(C(C)(C)C)cc1)C(=O)[C@@H](NC(=O)OC(C)(C)C)CS2. The minimum absolute atomic E-state index is 0.0119. The fourth-order valence-electron chi connectivity index (χ4n) is 3.90. The Morgan fingerprint density at radius 2 is 1.70 bits per heavy atom. The van der Waals surface area contributed by atoms with Gasteiger partial charge in [-0.3, -0.25) is 9.59 Å². The Labute approximate surface area is 224 Å². The first-order valence-electron chi connectivity index (χ1n) is 12.6. The number of carbonyl (C=O) groups excluding carboxylic acids is 3. The van der Waals surface area contributed by atoms with E-state index in [0.717, 1.165) is 10.5 Å². The van der Waals surface area contributed by atoms with Crippen molar-refractivity contribution in [2.75, 3.05) is 10.7 Å². The molecular formula is C29H39N3O4S. The largest absolute Gasteiger partial charge is 0.444 e. The van der Waals surface area contributed by atoms with Gasteiger partial charge in [0.2, 0.25) is 0 Å². The van der Waals surface area contributed by atoms with Crippen molar-refractivity contribution in [2.24, 2.45) is 0 Å². The van der Waals surface area contributed by atoms with Crippen LogP contribution < -0.4 is 15.5 Å². The van der Waals surface area contributed by atoms with E-state index in [4.69, 9.17) is 4.74 Å². The third kappa shape index (κ3) is 7.74. The van der Waals surface area contributed by atoms with Crippen LogP contribution in [0.5, 0.6) is 0 Å². The molecule has 7 nitrogen and oxygen atoms in total. The van der Waals surface area contributed by atoms with Crippen molar-refractivity contribution < 1.29 is 19.1 Å². The Balaban J connectivity index is 1.98. The molecule has 2 aromatic carbocycles. The van der Waals surface area contributed by atoms with Gasteiger partial charge >= 0.3 is 6.09 Å². The van der Waals surface area contributed by atoms with Crippen LogP contribution >= 0.6 is 11.8 Å². The highest BCUT2D eigenvalue weighted by Gasteiger charge is 2.33. The number of thioether (sulfide) groups is 1. The van der Waals surface area contributed by atoms with Crippen LogP contribution in [0.25, 0.3) is 0 Å². The molecule has 0 unspecified atom stereocenters. The molecule has 200 valence electrons. The first-order chi connectivity index (χ1) is 17.1. The lowest BCUT2D eigenvalue weighted by Gasteiger charge is -2.27. The summed E-state index contributed by atoms with van der Waals surface area (Å²) in [5.74, 6) is -0.0990. The molecule has 1 atom stereocenters. The van der Waals surface area contributed by atoms with E-state index in [1.165, 1.54) is 17.3 Å². The van der Waals surface area contributed by atoms with Gasteiger partial charge in [-0.25, -0.2) is 4.79 Å². The smallest absolute Gasteiger partial charge is 0.408 e. The van der Waals surface area contributed by atoms with Crippen LogP contribution in [0.15, 0.2) is 47.4 Å². The van der Waals surface area contributed by atoms with Crippen molar-refractivity contribution in [3.63, 3.8) is 0 Å². The predicted octanol–water partition coefficient (Wildman–Crippen LogP) is 5.65. The summed E-state index contributed by atoms with van der Waals surface area (Å²) in [6, 6.07) is 12.8. The van der Waals surface area contributed by atoms with E-state index in [9.17, 15) is 14.4 Å². The van der Waals surface area contributed by atoms with Gasteiger partial charge in [-0.15, -0.1) is 11.8 Å². The maximum absolute atomic E-state index is 13.8. The van der Waals surface area contributed by atoms with Crippen molar-refractivity contribution in [1.29, 1.82) is 0 Å². The number of fused-ring (bicyclic) bond motifs is 1. The number of nitrogens with zero attached hydrogens (tertiary/aromatic N) is 1. The van der Waals surface area contributed by atoms with Gasteiger partial charge < -0.3 is 20.3 Å². The van der Waals surface area contributed by atoms with Crippen LogP contribution in [0.3, 0.4) is 0 Å². The summed E-state index contributed by atoms with van der Waals surface area (Å²) in [7, 11) is 0. The second-order valence-electron chi connectivity index (χ2n) is 11.7. The van der Waals surface area contributed by atoms with E-state index in [1.54, 1.807) is 37.8 Å². The highest BCUT2D eigenvalue weighted by Crippen LogP contribution is 2.36. The Morgan fingerprint density at radius 1 is 1.05 bits per heavy atom. The molecule has 2 aromatic rings. The molecule has 2 N–H and O–H groups in total. The Bertz CT molecular complexity index is 1150. The van der Waals surface area contributed by atoms with E-state index in [1.807, 2.05) is 32.0 Å². The van der Waals surface area contributed by atoms with E-state index >= 15 is 0 Å². The summed E-state index contributed by atoms with van der Waals surface area (Å²) in [5.41, 5.74) is 2.62. The number of hydrogen-bond donors (Lipinski definition) is 2. The Morgan fingerprint density at radius 3 is 2.27 bits per heavy atom. The summed E-state index contributed by atoms with van der Waals surface area (Å²) in [6.07, 6.45) is -0.635. The zero-order valence-corrected chi connectivity index (χ0v) is 23.9. The number of benzene rings is 2. The molecular weight excluding hydrogens is 486 g/mol. The maximum Gasteiger partial charge on any atom is 0.408 e. The zero-order chi connectivity index (χ0) is 27.5. The molecule has 3 rings (SSSR count). The zero-order valence-electron chi connectivity index (χ0n) is 23.1. The maximum atomic E-state index is 13.8.